The lowest BCUT2D eigenvalue weighted by Crippen LogP contribution is -1.74. The quantitative estimate of drug-likeness (QED) is 0.373. The van der Waals surface area contributed by atoms with Crippen LogP contribution in [0.3, 0.4) is 0 Å². The van der Waals surface area contributed by atoms with Crippen molar-refractivity contribution in [3.63, 3.8) is 0 Å². The van der Waals surface area contributed by atoms with Crippen molar-refractivity contribution in [3.05, 3.63) is 18.3 Å². The first-order valence-corrected chi connectivity index (χ1v) is 2.54. The van der Waals surface area contributed by atoms with Crippen LogP contribution in [-0.4, -0.2) is 6.54 Å². The Hall–Kier alpha value is -0.510. The molecule has 0 aliphatic carbocycles. The molecule has 0 aromatic rings. The van der Waals surface area contributed by atoms with E-state index < -0.39 is 0 Å². The van der Waals surface area contributed by atoms with Crippen LogP contribution in [-0.2, 0) is 0 Å². The SMILES string of the molecule is [C-]#[N+]CCCC[CH2]. The van der Waals surface area contributed by atoms with E-state index in [1.54, 1.807) is 0 Å². The summed E-state index contributed by atoms with van der Waals surface area (Å²) < 4.78 is 0. The predicted octanol–water partition coefficient (Wildman–Crippen LogP) is 1.91. The van der Waals surface area contributed by atoms with Gasteiger partial charge in [0.05, 0.1) is 0 Å². The average molecular weight is 96.2 g/mol. The summed E-state index contributed by atoms with van der Waals surface area (Å²) in [6, 6.07) is 0. The van der Waals surface area contributed by atoms with Gasteiger partial charge < -0.3 is 4.85 Å². The lowest BCUT2D eigenvalue weighted by Gasteiger charge is -1.82. The van der Waals surface area contributed by atoms with Gasteiger partial charge in [0.2, 0.25) is 6.54 Å². The number of hydrogen-bond acceptors (Lipinski definition) is 0. The topological polar surface area (TPSA) is 4.36 Å². The number of unbranched alkanes of at least 4 members (excludes halogenated alkanes) is 2. The first-order valence-electron chi connectivity index (χ1n) is 2.54. The highest BCUT2D eigenvalue weighted by atomic mass is 14.6. The highest BCUT2D eigenvalue weighted by Crippen LogP contribution is 1.91. The molecule has 0 rings (SSSR count). The first kappa shape index (κ1) is 6.49. The van der Waals surface area contributed by atoms with Crippen molar-refractivity contribution >= 4 is 0 Å². The largest absolute Gasteiger partial charge is 0.317 e. The number of rotatable bonds is 3. The monoisotopic (exact) mass is 96.1 g/mol. The molecule has 0 unspecified atom stereocenters. The summed E-state index contributed by atoms with van der Waals surface area (Å²) in [4.78, 5) is 3.20. The fourth-order valence-electron chi connectivity index (χ4n) is 0.368. The molecule has 0 N–H and O–H groups in total. The van der Waals surface area contributed by atoms with Crippen LogP contribution in [0.5, 0.6) is 0 Å². The molecular weight excluding hydrogens is 86.1 g/mol. The molecule has 39 valence electrons. The van der Waals surface area contributed by atoms with Crippen LogP contribution >= 0.6 is 0 Å². The zero-order valence-electron chi connectivity index (χ0n) is 4.48. The van der Waals surface area contributed by atoms with E-state index in [0.29, 0.717) is 6.54 Å². The number of nitrogens with zero attached hydrogens (tertiary/aromatic N) is 1. The fraction of sp³-hybridized carbons (Fsp3) is 0.667. The van der Waals surface area contributed by atoms with Gasteiger partial charge in [-0.25, -0.2) is 6.57 Å². The minimum atomic E-state index is 0.676. The Kier molecular flexibility index (Phi) is 5.09. The molecule has 0 bridgehead atoms. The normalized spacial score (nSPS) is 8.00. The van der Waals surface area contributed by atoms with Crippen LogP contribution in [0.15, 0.2) is 0 Å². The van der Waals surface area contributed by atoms with Gasteiger partial charge in [0, 0.05) is 6.42 Å². The Bertz CT molecular complexity index is 61.1. The van der Waals surface area contributed by atoms with Crippen molar-refractivity contribution in [3.8, 4) is 0 Å². The van der Waals surface area contributed by atoms with E-state index in [1.807, 2.05) is 0 Å². The molecule has 7 heavy (non-hydrogen) atoms. The van der Waals surface area contributed by atoms with E-state index in [1.165, 1.54) is 0 Å². The van der Waals surface area contributed by atoms with Gasteiger partial charge in [-0.3, -0.25) is 0 Å². The van der Waals surface area contributed by atoms with Crippen molar-refractivity contribution in [1.82, 2.24) is 0 Å². The smallest absolute Gasteiger partial charge is 0.214 e. The maximum Gasteiger partial charge on any atom is 0.214 e. The molecule has 1 radical (unpaired) electrons. The van der Waals surface area contributed by atoms with Crippen molar-refractivity contribution < 1.29 is 0 Å². The fourth-order valence-corrected chi connectivity index (χ4v) is 0.368. The van der Waals surface area contributed by atoms with Gasteiger partial charge in [0.1, 0.15) is 0 Å². The van der Waals surface area contributed by atoms with E-state index in [9.17, 15) is 0 Å². The third-order valence-electron chi connectivity index (χ3n) is 0.770. The second-order valence-corrected chi connectivity index (χ2v) is 1.44. The van der Waals surface area contributed by atoms with Gasteiger partial charge in [0.15, 0.2) is 0 Å². The molecule has 0 amide bonds. The van der Waals surface area contributed by atoms with Gasteiger partial charge in [-0.15, -0.1) is 0 Å². The molecule has 0 fully saturated rings. The van der Waals surface area contributed by atoms with E-state index in [-0.39, 0.29) is 0 Å². The lowest BCUT2D eigenvalue weighted by molar-refractivity contribution is 0.795. The van der Waals surface area contributed by atoms with Gasteiger partial charge in [-0.2, -0.15) is 0 Å². The zero-order valence-corrected chi connectivity index (χ0v) is 4.48. The standard InChI is InChI=1S/C6H10N/c1-3-4-5-6-7-2/h1,3-6H2. The Morgan fingerprint density at radius 2 is 2.14 bits per heavy atom. The molecule has 0 saturated heterocycles. The maximum atomic E-state index is 6.39. The van der Waals surface area contributed by atoms with Crippen LogP contribution in [0.4, 0.5) is 0 Å². The van der Waals surface area contributed by atoms with Crippen LogP contribution in [0.2, 0.25) is 0 Å². The Morgan fingerprint density at radius 1 is 1.43 bits per heavy atom. The predicted molar refractivity (Wildman–Crippen MR) is 30.7 cm³/mol. The second kappa shape index (κ2) is 5.49. The molecular formula is C6H10N. The molecule has 1 nitrogen and oxygen atoms in total. The van der Waals surface area contributed by atoms with Crippen LogP contribution < -0.4 is 0 Å². The summed E-state index contributed by atoms with van der Waals surface area (Å²) >= 11 is 0. The lowest BCUT2D eigenvalue weighted by atomic mass is 10.3. The van der Waals surface area contributed by atoms with E-state index in [4.69, 9.17) is 6.57 Å². The average Bonchev–Trinajstić information content (AvgIpc) is 1.69. The molecule has 0 aliphatic rings. The highest BCUT2D eigenvalue weighted by molar-refractivity contribution is 4.57. The first-order chi connectivity index (χ1) is 3.41. The van der Waals surface area contributed by atoms with Gasteiger partial charge in [0.25, 0.3) is 0 Å². The Labute approximate surface area is 45.2 Å². The molecule has 0 atom stereocenters. The third-order valence-corrected chi connectivity index (χ3v) is 0.770. The number of hydrogen-bond donors (Lipinski definition) is 0. The molecule has 1 heteroatoms. The van der Waals surface area contributed by atoms with E-state index in [0.717, 1.165) is 19.3 Å². The summed E-state index contributed by atoms with van der Waals surface area (Å²) in [7, 11) is 0. The minimum Gasteiger partial charge on any atom is -0.317 e. The van der Waals surface area contributed by atoms with Gasteiger partial charge in [-0.05, 0) is 6.42 Å². The summed E-state index contributed by atoms with van der Waals surface area (Å²) in [5.41, 5.74) is 0. The Balaban J connectivity index is 2.60. The van der Waals surface area contributed by atoms with Crippen LogP contribution in [0, 0.1) is 13.5 Å². The maximum absolute atomic E-state index is 6.39. The zero-order chi connectivity index (χ0) is 5.54. The highest BCUT2D eigenvalue weighted by Gasteiger charge is 1.82. The molecule has 0 saturated carbocycles. The van der Waals surface area contributed by atoms with Crippen molar-refractivity contribution in [2.24, 2.45) is 0 Å². The summed E-state index contributed by atoms with van der Waals surface area (Å²) in [6.45, 7) is 10.7. The molecule has 0 aliphatic heterocycles. The van der Waals surface area contributed by atoms with Crippen LogP contribution in [0.1, 0.15) is 19.3 Å². The minimum absolute atomic E-state index is 0.676. The van der Waals surface area contributed by atoms with E-state index in [2.05, 4.69) is 11.8 Å². The Morgan fingerprint density at radius 3 is 2.57 bits per heavy atom. The molecule has 0 aromatic carbocycles. The van der Waals surface area contributed by atoms with Crippen LogP contribution in [0.25, 0.3) is 4.85 Å². The van der Waals surface area contributed by atoms with Gasteiger partial charge >= 0.3 is 0 Å². The van der Waals surface area contributed by atoms with Crippen molar-refractivity contribution in [1.29, 1.82) is 0 Å². The van der Waals surface area contributed by atoms with E-state index >= 15 is 0 Å². The summed E-state index contributed by atoms with van der Waals surface area (Å²) in [5, 5.41) is 0. The van der Waals surface area contributed by atoms with Crippen molar-refractivity contribution in [2.75, 3.05) is 6.54 Å². The second-order valence-electron chi connectivity index (χ2n) is 1.44. The van der Waals surface area contributed by atoms with Gasteiger partial charge in [-0.1, -0.05) is 13.3 Å². The summed E-state index contributed by atoms with van der Waals surface area (Å²) in [6.07, 6.45) is 3.09. The van der Waals surface area contributed by atoms with Crippen molar-refractivity contribution in [2.45, 2.75) is 19.3 Å². The molecule has 0 aromatic heterocycles. The summed E-state index contributed by atoms with van der Waals surface area (Å²) in [5.74, 6) is 0. The molecule has 0 heterocycles. The third kappa shape index (κ3) is 5.49. The molecule has 0 spiro atoms.